The third kappa shape index (κ3) is 2.83. The van der Waals surface area contributed by atoms with Gasteiger partial charge in [0.2, 0.25) is 0 Å². The van der Waals surface area contributed by atoms with Crippen molar-refractivity contribution < 1.29 is 14.6 Å². The number of pyridine rings is 1. The molecule has 7 nitrogen and oxygen atoms in total. The number of nitrogens with zero attached hydrogens (tertiary/aromatic N) is 3. The van der Waals surface area contributed by atoms with Crippen LogP contribution in [0.25, 0.3) is 11.1 Å². The molecule has 0 aliphatic carbocycles. The van der Waals surface area contributed by atoms with Crippen LogP contribution in [-0.2, 0) is 4.79 Å². The van der Waals surface area contributed by atoms with Crippen LogP contribution in [0.4, 0.5) is 11.5 Å². The second-order valence-electron chi connectivity index (χ2n) is 6.98. The normalized spacial score (nSPS) is 16.5. The maximum absolute atomic E-state index is 11.0. The fraction of sp³-hybridized carbons (Fsp3) is 0.350. The van der Waals surface area contributed by atoms with Gasteiger partial charge in [0.05, 0.1) is 11.4 Å². The van der Waals surface area contributed by atoms with Crippen LogP contribution < -0.4 is 15.4 Å². The van der Waals surface area contributed by atoms with Crippen LogP contribution in [0.2, 0.25) is 0 Å². The molecule has 138 valence electrons. The maximum Gasteiger partial charge on any atom is 0.344 e. The van der Waals surface area contributed by atoms with Crippen LogP contribution >= 0.6 is 0 Å². The molecule has 1 fully saturated rings. The summed E-state index contributed by atoms with van der Waals surface area (Å²) >= 11 is 0. The van der Waals surface area contributed by atoms with Crippen molar-refractivity contribution >= 4 is 17.5 Å². The third-order valence-corrected chi connectivity index (χ3v) is 5.34. The van der Waals surface area contributed by atoms with Crippen molar-refractivity contribution in [2.75, 3.05) is 23.7 Å². The molecule has 1 aromatic heterocycles. The number of hydrogen-bond acceptors (Lipinski definition) is 6. The number of rotatable bonds is 4. The second kappa shape index (κ2) is 6.47. The van der Waals surface area contributed by atoms with Gasteiger partial charge in [-0.1, -0.05) is 12.1 Å². The first-order chi connectivity index (χ1) is 13.0. The number of fused-ring (bicyclic) bond motifs is 2. The number of carbonyl (C=O) groups is 1. The largest absolute Gasteiger partial charge is 0.479 e. The lowest BCUT2D eigenvalue weighted by Crippen LogP contribution is -2.40. The van der Waals surface area contributed by atoms with E-state index in [1.54, 1.807) is 12.1 Å². The number of carboxylic acids is 1. The third-order valence-electron chi connectivity index (χ3n) is 5.34. The minimum Gasteiger partial charge on any atom is -0.479 e. The van der Waals surface area contributed by atoms with E-state index in [-0.39, 0.29) is 5.82 Å². The van der Waals surface area contributed by atoms with Crippen molar-refractivity contribution in [3.8, 4) is 22.9 Å². The Morgan fingerprint density at radius 3 is 2.63 bits per heavy atom. The number of aliphatic carboxylic acids is 1. The number of ether oxygens (including phenoxy) is 1. The molecule has 0 saturated carbocycles. The minimum absolute atomic E-state index is 0.264. The Hall–Kier alpha value is -3.27. The molecule has 2 aromatic rings. The number of nitrogen functional groups attached to an aromatic ring is 1. The van der Waals surface area contributed by atoms with E-state index in [2.05, 4.69) is 16.0 Å². The molecule has 1 saturated heterocycles. The van der Waals surface area contributed by atoms with Crippen LogP contribution in [-0.4, -0.2) is 35.3 Å². The van der Waals surface area contributed by atoms with Crippen LogP contribution in [0.5, 0.6) is 5.75 Å². The van der Waals surface area contributed by atoms with Gasteiger partial charge in [-0.25, -0.2) is 9.78 Å². The Morgan fingerprint density at radius 2 is 2.04 bits per heavy atom. The Morgan fingerprint density at radius 1 is 1.37 bits per heavy atom. The first-order valence-corrected chi connectivity index (χ1v) is 8.98. The van der Waals surface area contributed by atoms with Gasteiger partial charge in [-0.05, 0) is 37.5 Å². The van der Waals surface area contributed by atoms with Gasteiger partial charge in [0, 0.05) is 24.6 Å². The molecule has 0 spiro atoms. The lowest BCUT2D eigenvalue weighted by molar-refractivity contribution is -0.144. The van der Waals surface area contributed by atoms with Gasteiger partial charge in [-0.15, -0.1) is 0 Å². The van der Waals surface area contributed by atoms with Gasteiger partial charge in [0.15, 0.2) is 6.10 Å². The first-order valence-electron chi connectivity index (χ1n) is 8.98. The van der Waals surface area contributed by atoms with Crippen molar-refractivity contribution in [1.82, 2.24) is 4.98 Å². The summed E-state index contributed by atoms with van der Waals surface area (Å²) in [7, 11) is 0. The smallest absolute Gasteiger partial charge is 0.344 e. The molecular formula is C20H20N4O3. The predicted octanol–water partition coefficient (Wildman–Crippen LogP) is 2.75. The summed E-state index contributed by atoms with van der Waals surface area (Å²) < 4.78 is 5.40. The average Bonchev–Trinajstić information content (AvgIpc) is 2.68. The number of benzene rings is 1. The van der Waals surface area contributed by atoms with Gasteiger partial charge in [0.1, 0.15) is 23.2 Å². The Kier molecular flexibility index (Phi) is 4.11. The average molecular weight is 364 g/mol. The summed E-state index contributed by atoms with van der Waals surface area (Å²) in [6, 6.07) is 9.32. The fourth-order valence-corrected chi connectivity index (χ4v) is 3.94. The van der Waals surface area contributed by atoms with Crippen molar-refractivity contribution in [3.05, 3.63) is 35.5 Å². The van der Waals surface area contributed by atoms with Gasteiger partial charge in [-0.3, -0.25) is 0 Å². The SMILES string of the molecule is C[C@@H](Oc1ccc(-c2c(C#N)c(N)nc3c2N2CCC3CC2)cc1)C(=O)O. The molecule has 3 N–H and O–H groups in total. The van der Waals surface area contributed by atoms with Crippen molar-refractivity contribution in [1.29, 1.82) is 5.26 Å². The van der Waals surface area contributed by atoms with E-state index in [1.165, 1.54) is 6.92 Å². The van der Waals surface area contributed by atoms with Crippen LogP contribution in [0, 0.1) is 11.3 Å². The topological polar surface area (TPSA) is 112 Å². The zero-order valence-electron chi connectivity index (χ0n) is 15.0. The van der Waals surface area contributed by atoms with Gasteiger partial charge in [-0.2, -0.15) is 5.26 Å². The molecule has 1 aromatic carbocycles. The number of nitriles is 1. The Labute approximate surface area is 157 Å². The quantitative estimate of drug-likeness (QED) is 0.857. The van der Waals surface area contributed by atoms with Gasteiger partial charge in [0.25, 0.3) is 0 Å². The number of carboxylic acid groups (broad SMARTS) is 1. The monoisotopic (exact) mass is 364 g/mol. The van der Waals surface area contributed by atoms with E-state index >= 15 is 0 Å². The molecule has 0 unspecified atom stereocenters. The molecule has 3 aliphatic rings. The summed E-state index contributed by atoms with van der Waals surface area (Å²) in [5.41, 5.74) is 10.1. The molecule has 0 radical (unpaired) electrons. The van der Waals surface area contributed by atoms with Gasteiger partial charge < -0.3 is 20.5 Å². The molecule has 1 atom stereocenters. The molecule has 5 rings (SSSR count). The Bertz CT molecular complexity index is 941. The van der Waals surface area contributed by atoms with E-state index in [0.29, 0.717) is 17.2 Å². The van der Waals surface area contributed by atoms with E-state index in [1.807, 2.05) is 12.1 Å². The molecule has 27 heavy (non-hydrogen) atoms. The summed E-state index contributed by atoms with van der Waals surface area (Å²) in [6.45, 7) is 3.39. The number of anilines is 2. The van der Waals surface area contributed by atoms with Crippen molar-refractivity contribution in [2.24, 2.45) is 0 Å². The highest BCUT2D eigenvalue weighted by Gasteiger charge is 2.36. The van der Waals surface area contributed by atoms with E-state index in [9.17, 15) is 10.1 Å². The summed E-state index contributed by atoms with van der Waals surface area (Å²) in [4.78, 5) is 17.8. The zero-order valence-corrected chi connectivity index (χ0v) is 15.0. The minimum atomic E-state index is -1.02. The Balaban J connectivity index is 1.80. The zero-order chi connectivity index (χ0) is 19.1. The van der Waals surface area contributed by atoms with Crippen LogP contribution in [0.1, 0.15) is 36.9 Å². The first kappa shape index (κ1) is 17.2. The molecule has 2 bridgehead atoms. The fourth-order valence-electron chi connectivity index (χ4n) is 3.94. The standard InChI is InChI=1S/C20H20N4O3/c1-11(20(25)26)27-14-4-2-12(3-5-14)16-15(10-21)19(22)23-17-13-6-8-24(9-7-13)18(16)17/h2-5,11,13H,6-9H2,1H3,(H2,22,23)(H,25,26)/t11-/m1/s1. The number of piperidine rings is 1. The number of hydrogen-bond donors (Lipinski definition) is 2. The van der Waals surface area contributed by atoms with Crippen molar-refractivity contribution in [2.45, 2.75) is 31.8 Å². The predicted molar refractivity (Wildman–Crippen MR) is 101 cm³/mol. The highest BCUT2D eigenvalue weighted by Crippen LogP contribution is 2.48. The highest BCUT2D eigenvalue weighted by atomic mass is 16.5. The lowest BCUT2D eigenvalue weighted by atomic mass is 9.83. The van der Waals surface area contributed by atoms with E-state index < -0.39 is 12.1 Å². The van der Waals surface area contributed by atoms with Crippen LogP contribution in [0.15, 0.2) is 24.3 Å². The highest BCUT2D eigenvalue weighted by molar-refractivity contribution is 5.89. The number of nitrogens with two attached hydrogens (primary N) is 1. The summed E-state index contributed by atoms with van der Waals surface area (Å²) in [6.07, 6.45) is 1.19. The van der Waals surface area contributed by atoms with Gasteiger partial charge >= 0.3 is 5.97 Å². The number of aromatic nitrogens is 1. The lowest BCUT2D eigenvalue weighted by Gasteiger charge is -2.42. The molecule has 4 heterocycles. The van der Waals surface area contributed by atoms with Crippen LogP contribution in [0.3, 0.4) is 0 Å². The second-order valence-corrected chi connectivity index (χ2v) is 6.98. The molecular weight excluding hydrogens is 344 g/mol. The van der Waals surface area contributed by atoms with Crippen molar-refractivity contribution in [3.63, 3.8) is 0 Å². The summed E-state index contributed by atoms with van der Waals surface area (Å²) in [5, 5.41) is 18.7. The summed E-state index contributed by atoms with van der Waals surface area (Å²) in [5.74, 6) is 0.0909. The van der Waals surface area contributed by atoms with E-state index in [4.69, 9.17) is 15.6 Å². The molecule has 7 heteroatoms. The molecule has 3 aliphatic heterocycles. The molecule has 0 amide bonds. The maximum atomic E-state index is 11.0. The van der Waals surface area contributed by atoms with E-state index in [0.717, 1.165) is 48.4 Å².